The maximum absolute atomic E-state index is 13.4. The van der Waals surface area contributed by atoms with E-state index < -0.39 is 11.9 Å². The molecule has 15 heteroatoms. The van der Waals surface area contributed by atoms with E-state index in [1.54, 1.807) is 18.3 Å². The number of amides is 3. The fourth-order valence-electron chi connectivity index (χ4n) is 10.6. The summed E-state index contributed by atoms with van der Waals surface area (Å²) in [6.45, 7) is 8.45. The molecule has 2 aromatic heterocycles. The Kier molecular flexibility index (Phi) is 9.07. The number of hydrogen-bond acceptors (Lipinski definition) is 12. The highest BCUT2D eigenvalue weighted by Crippen LogP contribution is 2.49. The van der Waals surface area contributed by atoms with Gasteiger partial charge >= 0.3 is 0 Å². The van der Waals surface area contributed by atoms with Gasteiger partial charge in [-0.15, -0.1) is 0 Å². The average molecular weight is 816 g/mol. The summed E-state index contributed by atoms with van der Waals surface area (Å²) in [7, 11) is 1.66. The van der Waals surface area contributed by atoms with Crippen molar-refractivity contribution in [1.29, 1.82) is 0 Å². The number of hydrogen-bond donors (Lipinski definition) is 2. The lowest BCUT2D eigenvalue weighted by atomic mass is 9.70. The zero-order valence-corrected chi connectivity index (χ0v) is 34.5. The molecule has 0 radical (unpaired) electrons. The Bertz CT molecular complexity index is 2350. The van der Waals surface area contributed by atoms with Crippen LogP contribution in [0, 0.1) is 5.41 Å². The quantitative estimate of drug-likeness (QED) is 0.210. The number of nitrogens with zero attached hydrogens (tertiary/aromatic N) is 7. The van der Waals surface area contributed by atoms with Crippen molar-refractivity contribution in [3.05, 3.63) is 53.9 Å². The van der Waals surface area contributed by atoms with Crippen molar-refractivity contribution >= 4 is 40.1 Å². The van der Waals surface area contributed by atoms with Crippen molar-refractivity contribution in [1.82, 2.24) is 35.3 Å². The highest BCUT2D eigenvalue weighted by Gasteiger charge is 2.49. The van der Waals surface area contributed by atoms with Crippen molar-refractivity contribution in [2.24, 2.45) is 5.41 Å². The highest BCUT2D eigenvalue weighted by atomic mass is 16.5. The molecule has 4 saturated heterocycles. The number of benzene rings is 2. The number of anilines is 2. The lowest BCUT2D eigenvalue weighted by Crippen LogP contribution is -2.62. The molecule has 11 rings (SSSR count). The Morgan fingerprint density at radius 2 is 1.67 bits per heavy atom. The maximum Gasteiger partial charge on any atom is 0.255 e. The monoisotopic (exact) mass is 815 g/mol. The molecule has 2 aromatic carbocycles. The third-order valence-corrected chi connectivity index (χ3v) is 14.6. The third kappa shape index (κ3) is 6.73. The molecule has 6 fully saturated rings. The second-order valence-corrected chi connectivity index (χ2v) is 18.6. The van der Waals surface area contributed by atoms with Crippen LogP contribution in [-0.4, -0.2) is 124 Å². The molecule has 7 aliphatic rings. The predicted octanol–water partition coefficient (Wildman–Crippen LogP) is 4.84. The summed E-state index contributed by atoms with van der Waals surface area (Å²) in [6.07, 6.45) is 11.6. The van der Waals surface area contributed by atoms with Crippen LogP contribution in [0.1, 0.15) is 87.1 Å². The number of carbonyl (C=O) groups is 3. The normalized spacial score (nSPS) is 26.2. The van der Waals surface area contributed by atoms with E-state index in [0.29, 0.717) is 36.1 Å². The molecule has 2 aliphatic carbocycles. The van der Waals surface area contributed by atoms with E-state index in [4.69, 9.17) is 14.2 Å². The number of likely N-dealkylation sites (tertiary alicyclic amines) is 1. The Morgan fingerprint density at radius 1 is 0.867 bits per heavy atom. The van der Waals surface area contributed by atoms with Crippen molar-refractivity contribution < 1.29 is 28.6 Å². The second-order valence-electron chi connectivity index (χ2n) is 18.6. The molecule has 2 N–H and O–H groups in total. The molecule has 5 aliphatic heterocycles. The van der Waals surface area contributed by atoms with E-state index in [-0.39, 0.29) is 29.9 Å². The summed E-state index contributed by atoms with van der Waals surface area (Å²) in [5.41, 5.74) is 5.28. The number of carbonyl (C=O) groups excluding carboxylic acids is 3. The number of aromatic nitrogens is 4. The molecule has 7 heterocycles. The minimum Gasteiger partial charge on any atom is -0.494 e. The van der Waals surface area contributed by atoms with Crippen LogP contribution in [0.15, 0.2) is 42.7 Å². The molecule has 4 aromatic rings. The minimum absolute atomic E-state index is 0.0446. The molecule has 1 unspecified atom stereocenters. The van der Waals surface area contributed by atoms with Crippen molar-refractivity contribution in [2.75, 3.05) is 56.2 Å². The van der Waals surface area contributed by atoms with Gasteiger partial charge in [-0.25, -0.2) is 9.97 Å². The number of rotatable bonds is 10. The van der Waals surface area contributed by atoms with Crippen LogP contribution in [0.5, 0.6) is 11.5 Å². The Labute approximate surface area is 349 Å². The van der Waals surface area contributed by atoms with Gasteiger partial charge in [0.15, 0.2) is 0 Å². The van der Waals surface area contributed by atoms with Crippen molar-refractivity contribution in [3.8, 4) is 22.9 Å². The smallest absolute Gasteiger partial charge is 0.255 e. The summed E-state index contributed by atoms with van der Waals surface area (Å²) in [5, 5.41) is 11.1. The molecule has 0 bridgehead atoms. The van der Waals surface area contributed by atoms with Gasteiger partial charge in [-0.1, -0.05) is 0 Å². The van der Waals surface area contributed by atoms with Gasteiger partial charge in [-0.05, 0) is 108 Å². The Balaban J connectivity index is 0.637. The van der Waals surface area contributed by atoms with Gasteiger partial charge < -0.3 is 33.8 Å². The molecule has 1 spiro atoms. The third-order valence-electron chi connectivity index (χ3n) is 14.6. The lowest BCUT2D eigenvalue weighted by molar-refractivity contribution is -0.136. The van der Waals surface area contributed by atoms with Gasteiger partial charge in [-0.3, -0.25) is 24.8 Å². The molecular formula is C45H53N9O6. The molecule has 3 amide bonds. The Hall–Kier alpha value is -5.28. The van der Waals surface area contributed by atoms with Gasteiger partial charge in [0.1, 0.15) is 35.3 Å². The number of H-pyrrole nitrogens is 1. The summed E-state index contributed by atoms with van der Waals surface area (Å²) in [4.78, 5) is 56.0. The zero-order valence-electron chi connectivity index (χ0n) is 34.5. The lowest BCUT2D eigenvalue weighted by Gasteiger charge is -2.57. The average Bonchev–Trinajstić information content (AvgIpc) is 3.65. The Morgan fingerprint density at radius 3 is 2.42 bits per heavy atom. The summed E-state index contributed by atoms with van der Waals surface area (Å²) in [6, 6.07) is 12.0. The van der Waals surface area contributed by atoms with Crippen molar-refractivity contribution in [3.63, 3.8) is 0 Å². The maximum atomic E-state index is 13.4. The number of piperidine rings is 3. The zero-order chi connectivity index (χ0) is 40.8. The van der Waals surface area contributed by atoms with Crippen LogP contribution in [0.2, 0.25) is 0 Å². The van der Waals surface area contributed by atoms with Crippen molar-refractivity contribution in [2.45, 2.75) is 108 Å². The van der Waals surface area contributed by atoms with Crippen LogP contribution < -0.4 is 24.6 Å². The van der Waals surface area contributed by atoms with E-state index in [1.807, 2.05) is 24.3 Å². The summed E-state index contributed by atoms with van der Waals surface area (Å²) < 4.78 is 18.8. The summed E-state index contributed by atoms with van der Waals surface area (Å²) in [5.74, 6) is 1.65. The number of methoxy groups -OCH3 is 1. The number of ether oxygens (including phenoxy) is 3. The van der Waals surface area contributed by atoms with E-state index in [9.17, 15) is 14.4 Å². The number of nitrogens with one attached hydrogen (secondary N) is 2. The number of aromatic amines is 1. The van der Waals surface area contributed by atoms with Crippen LogP contribution >= 0.6 is 0 Å². The number of imide groups is 1. The highest BCUT2D eigenvalue weighted by molar-refractivity contribution is 6.06. The largest absolute Gasteiger partial charge is 0.494 e. The van der Waals surface area contributed by atoms with Gasteiger partial charge in [0, 0.05) is 66.6 Å². The van der Waals surface area contributed by atoms with E-state index in [0.717, 1.165) is 129 Å². The van der Waals surface area contributed by atoms with Gasteiger partial charge in [0.05, 0.1) is 48.5 Å². The van der Waals surface area contributed by atoms with E-state index in [1.165, 1.54) is 12.8 Å². The first kappa shape index (κ1) is 37.7. The van der Waals surface area contributed by atoms with Gasteiger partial charge in [0.2, 0.25) is 11.8 Å². The molecule has 2 saturated carbocycles. The molecular weight excluding hydrogens is 763 g/mol. The minimum atomic E-state index is -0.642. The van der Waals surface area contributed by atoms with Gasteiger partial charge in [0.25, 0.3) is 5.91 Å². The fraction of sp³-hybridized carbons (Fsp3) is 0.556. The standard InChI is InChI=1S/C45H53N9O6/c1-44(11-12-44)60-29-3-5-34-32(21-29)40(50-49-34)35-22-38(47-26-46-35)52-15-9-28(10-16-52)59-30-19-27(20-30)51-17-13-45(14-18-51)24-53(25-45)36-6-4-31-33(41(36)58-2)23-54(43(31)57)37-7-8-39(55)48-42(37)56/h3-6,21-22,26-28,30,37H,7-20,23-25H2,1-2H3,(H,49,50)(H,48,55,56)/t27-,30-,37?. The first-order valence-electron chi connectivity index (χ1n) is 21.9. The van der Waals surface area contributed by atoms with E-state index >= 15 is 0 Å². The SMILES string of the molecule is COc1c(N2CC3(CCN([C@H]4C[C@H](OC5CCN(c6cc(-c7[nH]nc8ccc(OC9(C)CC9)cc78)ncn6)CC5)C4)CC3)C2)ccc2c1CN(C1CCC(=O)NC1=O)C2=O. The molecule has 314 valence electrons. The number of fused-ring (bicyclic) bond motifs is 2. The van der Waals surface area contributed by atoms with Crippen LogP contribution in [-0.2, 0) is 20.9 Å². The fourth-order valence-corrected chi connectivity index (χ4v) is 10.6. The predicted molar refractivity (Wildman–Crippen MR) is 223 cm³/mol. The molecule has 60 heavy (non-hydrogen) atoms. The van der Waals surface area contributed by atoms with Gasteiger partial charge in [-0.2, -0.15) is 5.10 Å². The second kappa shape index (κ2) is 14.4. The van der Waals surface area contributed by atoms with Crippen LogP contribution in [0.4, 0.5) is 11.5 Å². The first-order chi connectivity index (χ1) is 29.1. The molecule has 15 nitrogen and oxygen atoms in total. The van der Waals surface area contributed by atoms with Crippen LogP contribution in [0.25, 0.3) is 22.3 Å². The van der Waals surface area contributed by atoms with E-state index in [2.05, 4.69) is 59.2 Å². The topological polar surface area (TPSA) is 158 Å². The first-order valence-corrected chi connectivity index (χ1v) is 21.9. The summed E-state index contributed by atoms with van der Waals surface area (Å²) >= 11 is 0. The molecule has 1 atom stereocenters. The van der Waals surface area contributed by atoms with Crippen LogP contribution in [0.3, 0.4) is 0 Å².